The third-order valence-corrected chi connectivity index (χ3v) is 1.01. The van der Waals surface area contributed by atoms with E-state index in [0.717, 1.165) is 5.56 Å². The Balaban J connectivity index is 0.000000640. The van der Waals surface area contributed by atoms with Crippen molar-refractivity contribution in [2.75, 3.05) is 0 Å². The molecule has 0 unspecified atom stereocenters. The summed E-state index contributed by atoms with van der Waals surface area (Å²) >= 11 is 5.44. The van der Waals surface area contributed by atoms with Crippen molar-refractivity contribution >= 4 is 11.6 Å². The first-order chi connectivity index (χ1) is 3.79. The summed E-state index contributed by atoms with van der Waals surface area (Å²) in [5.41, 5.74) is 1.08. The average Bonchev–Trinajstić information content (AvgIpc) is 1.77. The van der Waals surface area contributed by atoms with Gasteiger partial charge < -0.3 is 0 Å². The molecule has 0 aromatic carbocycles. The molecule has 1 rings (SSSR count). The predicted octanol–water partition coefficient (Wildman–Crippen LogP) is 1.84. The van der Waals surface area contributed by atoms with Crippen LogP contribution in [0.25, 0.3) is 0 Å². The molecule has 0 aliphatic rings. The summed E-state index contributed by atoms with van der Waals surface area (Å²) < 4.78 is 0. The molecule has 0 bridgehead atoms. The van der Waals surface area contributed by atoms with Crippen molar-refractivity contribution in [3.8, 4) is 0 Å². The van der Waals surface area contributed by atoms with E-state index < -0.39 is 0 Å². The standard InChI is InChI=1S/C6H5ClN.Y/c1-5-2-3-6(7)8-4-5;/h2,4H,1H3;/q-1;. The molecular weight excluding hydrogens is 210 g/mol. The molecule has 1 aromatic heterocycles. The van der Waals surface area contributed by atoms with E-state index in [9.17, 15) is 0 Å². The summed E-state index contributed by atoms with van der Waals surface area (Å²) in [6.45, 7) is 1.94. The van der Waals surface area contributed by atoms with E-state index in [0.29, 0.717) is 5.15 Å². The Kier molecular flexibility index (Phi) is 4.64. The largest absolute Gasteiger partial charge is 0.284 e. The van der Waals surface area contributed by atoms with Crippen LogP contribution in [0.4, 0.5) is 0 Å². The first kappa shape index (κ1) is 9.54. The van der Waals surface area contributed by atoms with Crippen LogP contribution >= 0.6 is 11.6 Å². The van der Waals surface area contributed by atoms with Gasteiger partial charge in [-0.05, 0) is 0 Å². The van der Waals surface area contributed by atoms with Gasteiger partial charge in [0.25, 0.3) is 0 Å². The zero-order chi connectivity index (χ0) is 5.98. The fourth-order valence-corrected chi connectivity index (χ4v) is 0.510. The van der Waals surface area contributed by atoms with Gasteiger partial charge in [-0.3, -0.25) is 4.98 Å². The van der Waals surface area contributed by atoms with E-state index in [1.807, 2.05) is 6.92 Å². The van der Waals surface area contributed by atoms with Crippen molar-refractivity contribution in [2.24, 2.45) is 0 Å². The van der Waals surface area contributed by atoms with E-state index in [1.54, 1.807) is 12.3 Å². The maximum absolute atomic E-state index is 5.44. The number of hydrogen-bond donors (Lipinski definition) is 0. The fraction of sp³-hybridized carbons (Fsp3) is 0.167. The second-order valence-electron chi connectivity index (χ2n) is 1.58. The van der Waals surface area contributed by atoms with Crippen molar-refractivity contribution in [2.45, 2.75) is 6.92 Å². The fourth-order valence-electron chi connectivity index (χ4n) is 0.406. The topological polar surface area (TPSA) is 12.9 Å². The smallest absolute Gasteiger partial charge is 0.0375 e. The number of aromatic nitrogens is 1. The van der Waals surface area contributed by atoms with Crippen LogP contribution in [0.1, 0.15) is 5.56 Å². The number of halogens is 1. The molecule has 0 saturated heterocycles. The van der Waals surface area contributed by atoms with Crippen molar-refractivity contribution in [1.29, 1.82) is 0 Å². The second kappa shape index (κ2) is 4.37. The van der Waals surface area contributed by atoms with Gasteiger partial charge in [0.05, 0.1) is 0 Å². The van der Waals surface area contributed by atoms with Gasteiger partial charge in [0.2, 0.25) is 0 Å². The van der Waals surface area contributed by atoms with Gasteiger partial charge >= 0.3 is 0 Å². The second-order valence-corrected chi connectivity index (χ2v) is 1.94. The number of rotatable bonds is 0. The maximum atomic E-state index is 5.44. The molecule has 1 radical (unpaired) electrons. The summed E-state index contributed by atoms with van der Waals surface area (Å²) in [6, 6.07) is 4.55. The molecular formula is C6H5ClNY-. The number of nitrogens with zero attached hydrogens (tertiary/aromatic N) is 1. The zero-order valence-electron chi connectivity index (χ0n) is 5.06. The average molecular weight is 215 g/mol. The predicted molar refractivity (Wildman–Crippen MR) is 32.8 cm³/mol. The first-order valence-electron chi connectivity index (χ1n) is 2.29. The van der Waals surface area contributed by atoms with Gasteiger partial charge in [-0.15, -0.1) is 6.92 Å². The van der Waals surface area contributed by atoms with E-state index >= 15 is 0 Å². The minimum absolute atomic E-state index is 0. The van der Waals surface area contributed by atoms with E-state index in [1.165, 1.54) is 0 Å². The first-order valence-corrected chi connectivity index (χ1v) is 2.66. The molecule has 0 aliphatic carbocycles. The molecule has 0 saturated carbocycles. The normalized spacial score (nSPS) is 8.22. The summed E-state index contributed by atoms with van der Waals surface area (Å²) in [5.74, 6) is 0. The minimum atomic E-state index is 0. The van der Waals surface area contributed by atoms with Crippen LogP contribution in [0.5, 0.6) is 0 Å². The van der Waals surface area contributed by atoms with Gasteiger partial charge in [-0.25, -0.2) is 12.1 Å². The summed E-state index contributed by atoms with van der Waals surface area (Å²) in [4.78, 5) is 3.79. The molecule has 0 atom stereocenters. The minimum Gasteiger partial charge on any atom is -0.284 e. The Morgan fingerprint density at radius 3 is 2.67 bits per heavy atom. The SMILES string of the molecule is Cc1c[c-]c(Cl)nc1.[Y]. The summed E-state index contributed by atoms with van der Waals surface area (Å²) in [6.07, 6.45) is 1.71. The maximum Gasteiger partial charge on any atom is 0.0375 e. The van der Waals surface area contributed by atoms with Crippen LogP contribution in [0, 0.1) is 13.0 Å². The number of aryl methyl sites for hydroxylation is 1. The molecule has 0 N–H and O–H groups in total. The van der Waals surface area contributed by atoms with E-state index in [-0.39, 0.29) is 32.7 Å². The van der Waals surface area contributed by atoms with Gasteiger partial charge in [0.1, 0.15) is 0 Å². The molecule has 1 heterocycles. The Hall–Kier alpha value is 0.544. The number of hydrogen-bond acceptors (Lipinski definition) is 1. The van der Waals surface area contributed by atoms with Crippen LogP contribution in [-0.2, 0) is 32.7 Å². The summed E-state index contributed by atoms with van der Waals surface area (Å²) in [5, 5.41) is 0.426. The molecule has 1 nitrogen and oxygen atoms in total. The van der Waals surface area contributed by atoms with Crippen molar-refractivity contribution < 1.29 is 32.7 Å². The molecule has 0 aliphatic heterocycles. The molecule has 9 heavy (non-hydrogen) atoms. The van der Waals surface area contributed by atoms with Gasteiger partial charge in [0, 0.05) is 37.9 Å². The van der Waals surface area contributed by atoms with Crippen molar-refractivity contribution in [1.82, 2.24) is 4.98 Å². The van der Waals surface area contributed by atoms with Crippen molar-refractivity contribution in [3.05, 3.63) is 29.0 Å². The van der Waals surface area contributed by atoms with Crippen LogP contribution in [0.3, 0.4) is 0 Å². The Morgan fingerprint density at radius 1 is 1.67 bits per heavy atom. The third kappa shape index (κ3) is 3.29. The summed E-state index contributed by atoms with van der Waals surface area (Å²) in [7, 11) is 0. The number of pyridine rings is 1. The van der Waals surface area contributed by atoms with E-state index in [2.05, 4.69) is 11.1 Å². The van der Waals surface area contributed by atoms with Gasteiger partial charge in [-0.1, -0.05) is 17.8 Å². The molecule has 3 heteroatoms. The Labute approximate surface area is 84.7 Å². The van der Waals surface area contributed by atoms with Crippen LogP contribution in [0.15, 0.2) is 12.3 Å². The van der Waals surface area contributed by atoms with E-state index in [4.69, 9.17) is 11.6 Å². The Bertz CT molecular complexity index is 152. The molecule has 45 valence electrons. The molecule has 0 fully saturated rings. The Morgan fingerprint density at radius 2 is 2.33 bits per heavy atom. The molecule has 0 amide bonds. The zero-order valence-corrected chi connectivity index (χ0v) is 8.65. The van der Waals surface area contributed by atoms with Crippen LogP contribution in [0.2, 0.25) is 5.15 Å². The quantitative estimate of drug-likeness (QED) is 0.475. The van der Waals surface area contributed by atoms with Crippen LogP contribution in [-0.4, -0.2) is 4.98 Å². The third-order valence-electron chi connectivity index (χ3n) is 0.800. The monoisotopic (exact) mass is 215 g/mol. The van der Waals surface area contributed by atoms with Gasteiger partial charge in [-0.2, -0.15) is 5.56 Å². The molecule has 1 aromatic rings. The van der Waals surface area contributed by atoms with Crippen LogP contribution < -0.4 is 0 Å². The van der Waals surface area contributed by atoms with Crippen molar-refractivity contribution in [3.63, 3.8) is 0 Å². The molecule has 0 spiro atoms. The van der Waals surface area contributed by atoms with Gasteiger partial charge in [0.15, 0.2) is 0 Å².